The summed E-state index contributed by atoms with van der Waals surface area (Å²) < 4.78 is 5.44. The van der Waals surface area contributed by atoms with Gasteiger partial charge in [0, 0.05) is 37.2 Å². The molecule has 0 aliphatic carbocycles. The maximum absolute atomic E-state index is 12.5. The minimum absolute atomic E-state index is 0.0108. The minimum atomic E-state index is 0.0108. The van der Waals surface area contributed by atoms with Gasteiger partial charge in [-0.1, -0.05) is 5.16 Å². The maximum Gasteiger partial charge on any atom is 0.270 e. The number of H-pyrrole nitrogens is 1. The number of piperidine rings is 1. The number of aromatic amines is 1. The van der Waals surface area contributed by atoms with Crippen LogP contribution in [-0.2, 0) is 0 Å². The van der Waals surface area contributed by atoms with Gasteiger partial charge in [-0.2, -0.15) is 4.98 Å². The SMILES string of the molecule is O=C(c1ccc[nH]1)N1CCC[C@@H](c2nc(-c3cccnc3)no2)C1. The molecule has 7 nitrogen and oxygen atoms in total. The Bertz CT molecular complexity index is 813. The van der Waals surface area contributed by atoms with Crippen LogP contribution >= 0.6 is 0 Å². The molecule has 0 bridgehead atoms. The van der Waals surface area contributed by atoms with Crippen molar-refractivity contribution in [1.29, 1.82) is 0 Å². The van der Waals surface area contributed by atoms with Gasteiger partial charge < -0.3 is 14.4 Å². The number of likely N-dealkylation sites (tertiary alicyclic amines) is 1. The van der Waals surface area contributed by atoms with Crippen LogP contribution in [0.15, 0.2) is 47.4 Å². The summed E-state index contributed by atoms with van der Waals surface area (Å²) in [4.78, 5) is 25.9. The highest BCUT2D eigenvalue weighted by Crippen LogP contribution is 2.28. The third-order valence-electron chi connectivity index (χ3n) is 4.25. The molecule has 1 aliphatic rings. The van der Waals surface area contributed by atoms with Gasteiger partial charge in [0.2, 0.25) is 11.7 Å². The fourth-order valence-electron chi connectivity index (χ4n) is 3.01. The van der Waals surface area contributed by atoms with E-state index < -0.39 is 0 Å². The molecule has 1 saturated heterocycles. The van der Waals surface area contributed by atoms with Gasteiger partial charge >= 0.3 is 0 Å². The summed E-state index contributed by atoms with van der Waals surface area (Å²) >= 11 is 0. The van der Waals surface area contributed by atoms with Crippen LogP contribution in [0.3, 0.4) is 0 Å². The number of carbonyl (C=O) groups excluding carboxylic acids is 1. The van der Waals surface area contributed by atoms with E-state index in [4.69, 9.17) is 4.52 Å². The Labute approximate surface area is 138 Å². The van der Waals surface area contributed by atoms with Crippen molar-refractivity contribution in [2.24, 2.45) is 0 Å². The Balaban J connectivity index is 1.50. The first-order chi connectivity index (χ1) is 11.8. The summed E-state index contributed by atoms with van der Waals surface area (Å²) in [6, 6.07) is 7.35. The van der Waals surface area contributed by atoms with Gasteiger partial charge in [0.1, 0.15) is 5.69 Å². The lowest BCUT2D eigenvalue weighted by Crippen LogP contribution is -2.39. The molecule has 1 atom stereocenters. The molecule has 1 aliphatic heterocycles. The summed E-state index contributed by atoms with van der Waals surface area (Å²) in [6.07, 6.45) is 7.02. The van der Waals surface area contributed by atoms with E-state index in [0.29, 0.717) is 24.0 Å². The predicted octanol–water partition coefficient (Wildman–Crippen LogP) is 2.48. The topological polar surface area (TPSA) is 87.9 Å². The van der Waals surface area contributed by atoms with Crippen LogP contribution in [0, 0.1) is 0 Å². The first kappa shape index (κ1) is 14.6. The molecule has 122 valence electrons. The number of nitrogens with one attached hydrogen (secondary N) is 1. The Morgan fingerprint density at radius 3 is 3.08 bits per heavy atom. The van der Waals surface area contributed by atoms with Gasteiger partial charge in [0.15, 0.2) is 0 Å². The first-order valence-electron chi connectivity index (χ1n) is 7.98. The lowest BCUT2D eigenvalue weighted by Gasteiger charge is -2.30. The van der Waals surface area contributed by atoms with E-state index in [2.05, 4.69) is 20.1 Å². The van der Waals surface area contributed by atoms with Crippen molar-refractivity contribution >= 4 is 5.91 Å². The zero-order chi connectivity index (χ0) is 16.4. The van der Waals surface area contributed by atoms with Crippen molar-refractivity contribution in [3.05, 3.63) is 54.4 Å². The standard InChI is InChI=1S/C17H17N5O2/c23-17(14-6-2-8-19-14)22-9-3-5-13(11-22)16-20-15(21-24-16)12-4-1-7-18-10-12/h1-2,4,6-8,10,13,19H,3,5,9,11H2/t13-/m1/s1. The van der Waals surface area contributed by atoms with Crippen molar-refractivity contribution in [1.82, 2.24) is 25.0 Å². The van der Waals surface area contributed by atoms with Crippen LogP contribution in [0.2, 0.25) is 0 Å². The molecule has 0 unspecified atom stereocenters. The highest BCUT2D eigenvalue weighted by molar-refractivity contribution is 5.92. The lowest BCUT2D eigenvalue weighted by atomic mass is 9.97. The summed E-state index contributed by atoms with van der Waals surface area (Å²) in [5, 5.41) is 4.05. The summed E-state index contributed by atoms with van der Waals surface area (Å²) in [6.45, 7) is 1.34. The third kappa shape index (κ3) is 2.80. The molecular weight excluding hydrogens is 306 g/mol. The molecule has 4 heterocycles. The maximum atomic E-state index is 12.5. The highest BCUT2D eigenvalue weighted by Gasteiger charge is 2.29. The van der Waals surface area contributed by atoms with E-state index in [0.717, 1.165) is 24.9 Å². The smallest absolute Gasteiger partial charge is 0.270 e. The number of pyridine rings is 1. The highest BCUT2D eigenvalue weighted by atomic mass is 16.5. The van der Waals surface area contributed by atoms with Crippen LogP contribution in [0.1, 0.15) is 35.1 Å². The second-order valence-electron chi connectivity index (χ2n) is 5.87. The normalized spacial score (nSPS) is 17.8. The Kier molecular flexibility index (Phi) is 3.82. The van der Waals surface area contributed by atoms with Crippen LogP contribution in [0.5, 0.6) is 0 Å². The average molecular weight is 323 g/mol. The van der Waals surface area contributed by atoms with E-state index in [1.54, 1.807) is 24.7 Å². The van der Waals surface area contributed by atoms with Crippen molar-refractivity contribution in [3.63, 3.8) is 0 Å². The molecule has 1 N–H and O–H groups in total. The van der Waals surface area contributed by atoms with Gasteiger partial charge in [-0.05, 0) is 37.1 Å². The number of hydrogen-bond acceptors (Lipinski definition) is 5. The summed E-state index contributed by atoms with van der Waals surface area (Å²) in [7, 11) is 0. The second kappa shape index (κ2) is 6.27. The fourth-order valence-corrected chi connectivity index (χ4v) is 3.01. The van der Waals surface area contributed by atoms with Crippen LogP contribution in [-0.4, -0.2) is 44.0 Å². The molecule has 1 fully saturated rings. The largest absolute Gasteiger partial charge is 0.357 e. The second-order valence-corrected chi connectivity index (χ2v) is 5.87. The summed E-state index contributed by atoms with van der Waals surface area (Å²) in [5.41, 5.74) is 1.43. The van der Waals surface area contributed by atoms with Gasteiger partial charge in [-0.3, -0.25) is 9.78 Å². The molecule has 4 rings (SSSR count). The Hall–Kier alpha value is -2.96. The van der Waals surface area contributed by atoms with Gasteiger partial charge in [0.25, 0.3) is 5.91 Å². The predicted molar refractivity (Wildman–Crippen MR) is 86.2 cm³/mol. The molecule has 0 saturated carbocycles. The number of rotatable bonds is 3. The quantitative estimate of drug-likeness (QED) is 0.800. The Morgan fingerprint density at radius 1 is 1.33 bits per heavy atom. The monoisotopic (exact) mass is 323 g/mol. The average Bonchev–Trinajstić information content (AvgIpc) is 3.34. The Morgan fingerprint density at radius 2 is 2.29 bits per heavy atom. The van der Waals surface area contributed by atoms with E-state index in [1.165, 1.54) is 0 Å². The number of nitrogens with zero attached hydrogens (tertiary/aromatic N) is 4. The zero-order valence-electron chi connectivity index (χ0n) is 13.1. The van der Waals surface area contributed by atoms with E-state index in [1.807, 2.05) is 23.1 Å². The molecule has 1 amide bonds. The molecule has 3 aromatic heterocycles. The fraction of sp³-hybridized carbons (Fsp3) is 0.294. The van der Waals surface area contributed by atoms with E-state index >= 15 is 0 Å². The van der Waals surface area contributed by atoms with Crippen molar-refractivity contribution in [3.8, 4) is 11.4 Å². The number of carbonyl (C=O) groups is 1. The third-order valence-corrected chi connectivity index (χ3v) is 4.25. The molecule has 7 heteroatoms. The molecular formula is C17H17N5O2. The molecule has 0 aromatic carbocycles. The molecule has 0 radical (unpaired) electrons. The van der Waals surface area contributed by atoms with Crippen molar-refractivity contribution in [2.45, 2.75) is 18.8 Å². The van der Waals surface area contributed by atoms with Gasteiger partial charge in [0.05, 0.1) is 5.92 Å². The molecule has 0 spiro atoms. The van der Waals surface area contributed by atoms with Crippen molar-refractivity contribution < 1.29 is 9.32 Å². The van der Waals surface area contributed by atoms with Gasteiger partial charge in [-0.25, -0.2) is 0 Å². The first-order valence-corrected chi connectivity index (χ1v) is 7.98. The summed E-state index contributed by atoms with van der Waals surface area (Å²) in [5.74, 6) is 1.19. The molecule has 24 heavy (non-hydrogen) atoms. The minimum Gasteiger partial charge on any atom is -0.357 e. The van der Waals surface area contributed by atoms with Crippen LogP contribution in [0.4, 0.5) is 0 Å². The number of hydrogen-bond donors (Lipinski definition) is 1. The van der Waals surface area contributed by atoms with E-state index in [-0.39, 0.29) is 11.8 Å². The van der Waals surface area contributed by atoms with Crippen molar-refractivity contribution in [2.75, 3.05) is 13.1 Å². The van der Waals surface area contributed by atoms with Crippen LogP contribution in [0.25, 0.3) is 11.4 Å². The zero-order valence-corrected chi connectivity index (χ0v) is 13.1. The lowest BCUT2D eigenvalue weighted by molar-refractivity contribution is 0.0690. The van der Waals surface area contributed by atoms with Crippen LogP contribution < -0.4 is 0 Å². The number of aromatic nitrogens is 4. The van der Waals surface area contributed by atoms with E-state index in [9.17, 15) is 4.79 Å². The number of amides is 1. The molecule has 3 aromatic rings. The van der Waals surface area contributed by atoms with Gasteiger partial charge in [-0.15, -0.1) is 0 Å².